The lowest BCUT2D eigenvalue weighted by atomic mass is 10.1. The van der Waals surface area contributed by atoms with E-state index in [9.17, 15) is 14.4 Å². The summed E-state index contributed by atoms with van der Waals surface area (Å²) in [6.45, 7) is 5.66. The lowest BCUT2D eigenvalue weighted by molar-refractivity contribution is -0.130. The van der Waals surface area contributed by atoms with Gasteiger partial charge < -0.3 is 14.8 Å². The standard InChI is InChI=1S/C20H25N3O3/c1-3-22(4-2)20(26)15-16-8-10-17(11-9-16)21-18(24)12-14-23-13-6-5-7-19(23)25/h5-11,13H,3-4,12,14-15H2,1-2H3,(H,21,24). The molecule has 0 aliphatic rings. The van der Waals surface area contributed by atoms with Crippen LogP contribution in [0.5, 0.6) is 0 Å². The third-order valence-electron chi connectivity index (χ3n) is 4.19. The fourth-order valence-corrected chi connectivity index (χ4v) is 2.66. The average molecular weight is 355 g/mol. The molecule has 6 heteroatoms. The molecule has 0 fully saturated rings. The van der Waals surface area contributed by atoms with E-state index in [0.717, 1.165) is 5.56 Å². The van der Waals surface area contributed by atoms with Crippen LogP contribution in [-0.4, -0.2) is 34.4 Å². The maximum atomic E-state index is 12.1. The van der Waals surface area contributed by atoms with E-state index >= 15 is 0 Å². The van der Waals surface area contributed by atoms with Gasteiger partial charge in [-0.1, -0.05) is 18.2 Å². The van der Waals surface area contributed by atoms with Crippen LogP contribution in [0.2, 0.25) is 0 Å². The second-order valence-electron chi connectivity index (χ2n) is 5.97. The zero-order valence-corrected chi connectivity index (χ0v) is 15.3. The summed E-state index contributed by atoms with van der Waals surface area (Å²) in [6.07, 6.45) is 2.23. The number of hydrogen-bond acceptors (Lipinski definition) is 3. The third-order valence-corrected chi connectivity index (χ3v) is 4.19. The molecule has 1 heterocycles. The normalized spacial score (nSPS) is 10.4. The first-order chi connectivity index (χ1) is 12.5. The molecule has 0 atom stereocenters. The van der Waals surface area contributed by atoms with Crippen LogP contribution in [0.25, 0.3) is 0 Å². The highest BCUT2D eigenvalue weighted by molar-refractivity contribution is 5.90. The highest BCUT2D eigenvalue weighted by Crippen LogP contribution is 2.11. The first kappa shape index (κ1) is 19.4. The number of carbonyl (C=O) groups excluding carboxylic acids is 2. The molecule has 6 nitrogen and oxygen atoms in total. The summed E-state index contributed by atoms with van der Waals surface area (Å²) in [5, 5.41) is 2.81. The first-order valence-corrected chi connectivity index (χ1v) is 8.85. The van der Waals surface area contributed by atoms with Crippen molar-refractivity contribution >= 4 is 17.5 Å². The van der Waals surface area contributed by atoms with Crippen molar-refractivity contribution in [2.75, 3.05) is 18.4 Å². The Hall–Kier alpha value is -2.89. The van der Waals surface area contributed by atoms with Gasteiger partial charge in [0.25, 0.3) is 5.56 Å². The van der Waals surface area contributed by atoms with E-state index in [0.29, 0.717) is 31.7 Å². The summed E-state index contributed by atoms with van der Waals surface area (Å²) < 4.78 is 1.50. The second kappa shape index (κ2) is 9.56. The number of pyridine rings is 1. The van der Waals surface area contributed by atoms with Crippen LogP contribution in [-0.2, 0) is 22.6 Å². The second-order valence-corrected chi connectivity index (χ2v) is 5.97. The lowest BCUT2D eigenvalue weighted by Crippen LogP contribution is -2.31. The van der Waals surface area contributed by atoms with Crippen LogP contribution in [0.1, 0.15) is 25.8 Å². The van der Waals surface area contributed by atoms with Crippen LogP contribution in [0.4, 0.5) is 5.69 Å². The summed E-state index contributed by atoms with van der Waals surface area (Å²) in [6, 6.07) is 12.2. The lowest BCUT2D eigenvalue weighted by Gasteiger charge is -2.18. The van der Waals surface area contributed by atoms with Crippen LogP contribution in [0, 0.1) is 0 Å². The highest BCUT2D eigenvalue weighted by Gasteiger charge is 2.10. The molecule has 0 radical (unpaired) electrons. The molecule has 0 saturated carbocycles. The van der Waals surface area contributed by atoms with Crippen molar-refractivity contribution in [3.8, 4) is 0 Å². The van der Waals surface area contributed by atoms with Crippen LogP contribution < -0.4 is 10.9 Å². The monoisotopic (exact) mass is 355 g/mol. The summed E-state index contributed by atoms with van der Waals surface area (Å²) in [4.78, 5) is 37.6. The molecule has 2 rings (SSSR count). The zero-order valence-electron chi connectivity index (χ0n) is 15.3. The van der Waals surface area contributed by atoms with Crippen molar-refractivity contribution < 1.29 is 9.59 Å². The smallest absolute Gasteiger partial charge is 0.250 e. The van der Waals surface area contributed by atoms with E-state index in [2.05, 4.69) is 5.32 Å². The van der Waals surface area contributed by atoms with Crippen molar-refractivity contribution in [2.24, 2.45) is 0 Å². The maximum absolute atomic E-state index is 12.1. The molecular weight excluding hydrogens is 330 g/mol. The predicted octanol–water partition coefficient (Wildman–Crippen LogP) is 2.29. The summed E-state index contributed by atoms with van der Waals surface area (Å²) >= 11 is 0. The molecule has 26 heavy (non-hydrogen) atoms. The molecule has 2 aromatic rings. The summed E-state index contributed by atoms with van der Waals surface area (Å²) in [5.74, 6) is -0.0622. The fourth-order valence-electron chi connectivity index (χ4n) is 2.66. The van der Waals surface area contributed by atoms with Gasteiger partial charge in [0, 0.05) is 44.0 Å². The van der Waals surface area contributed by atoms with E-state index in [1.807, 2.05) is 26.0 Å². The number of benzene rings is 1. The number of aryl methyl sites for hydroxylation is 1. The molecule has 0 aliphatic carbocycles. The third kappa shape index (κ3) is 5.58. The minimum absolute atomic E-state index is 0.0973. The van der Waals surface area contributed by atoms with Gasteiger partial charge in [0.05, 0.1) is 6.42 Å². The quantitative estimate of drug-likeness (QED) is 0.790. The van der Waals surface area contributed by atoms with Crippen LogP contribution in [0.15, 0.2) is 53.5 Å². The van der Waals surface area contributed by atoms with E-state index in [1.165, 1.54) is 10.6 Å². The number of nitrogens with zero attached hydrogens (tertiary/aromatic N) is 2. The number of carbonyl (C=O) groups is 2. The molecule has 2 amide bonds. The van der Waals surface area contributed by atoms with Gasteiger partial charge in [-0.3, -0.25) is 14.4 Å². The molecule has 0 unspecified atom stereocenters. The molecule has 138 valence electrons. The number of anilines is 1. The van der Waals surface area contributed by atoms with Crippen LogP contribution in [0.3, 0.4) is 0 Å². The molecule has 1 N–H and O–H groups in total. The Labute approximate surface area is 153 Å². The number of nitrogens with one attached hydrogen (secondary N) is 1. The molecule has 1 aromatic heterocycles. The number of rotatable bonds is 8. The average Bonchev–Trinajstić information content (AvgIpc) is 2.64. The molecular formula is C20H25N3O3. The first-order valence-electron chi connectivity index (χ1n) is 8.85. The van der Waals surface area contributed by atoms with Gasteiger partial charge in [-0.25, -0.2) is 0 Å². The Morgan fingerprint density at radius 1 is 1.04 bits per heavy atom. The minimum Gasteiger partial charge on any atom is -0.343 e. The van der Waals surface area contributed by atoms with Gasteiger partial charge in [-0.2, -0.15) is 0 Å². The Bertz CT molecular complexity index is 792. The van der Waals surface area contributed by atoms with E-state index in [-0.39, 0.29) is 23.8 Å². The molecule has 0 saturated heterocycles. The highest BCUT2D eigenvalue weighted by atomic mass is 16.2. The maximum Gasteiger partial charge on any atom is 0.250 e. The number of aromatic nitrogens is 1. The molecule has 0 bridgehead atoms. The summed E-state index contributed by atoms with van der Waals surface area (Å²) in [5.41, 5.74) is 1.47. The number of likely N-dealkylation sites (N-methyl/N-ethyl adjacent to an activating group) is 1. The van der Waals surface area contributed by atoms with Crippen LogP contribution >= 0.6 is 0 Å². The Kier molecular flexibility index (Phi) is 7.14. The Morgan fingerprint density at radius 3 is 2.35 bits per heavy atom. The Balaban J connectivity index is 1.86. The van der Waals surface area contributed by atoms with Gasteiger partial charge in [0.2, 0.25) is 11.8 Å². The van der Waals surface area contributed by atoms with Gasteiger partial charge in [-0.05, 0) is 37.6 Å². The van der Waals surface area contributed by atoms with Gasteiger partial charge in [0.1, 0.15) is 0 Å². The van der Waals surface area contributed by atoms with Gasteiger partial charge in [-0.15, -0.1) is 0 Å². The summed E-state index contributed by atoms with van der Waals surface area (Å²) in [7, 11) is 0. The largest absolute Gasteiger partial charge is 0.343 e. The van der Waals surface area contributed by atoms with E-state index in [1.54, 1.807) is 35.4 Å². The predicted molar refractivity (Wildman–Crippen MR) is 102 cm³/mol. The van der Waals surface area contributed by atoms with Crippen molar-refractivity contribution in [3.05, 3.63) is 64.6 Å². The van der Waals surface area contributed by atoms with Gasteiger partial charge in [0.15, 0.2) is 0 Å². The number of hydrogen-bond donors (Lipinski definition) is 1. The van der Waals surface area contributed by atoms with E-state index in [4.69, 9.17) is 0 Å². The minimum atomic E-state index is -0.160. The SMILES string of the molecule is CCN(CC)C(=O)Cc1ccc(NC(=O)CCn2ccccc2=O)cc1. The Morgan fingerprint density at radius 2 is 1.73 bits per heavy atom. The van der Waals surface area contributed by atoms with Gasteiger partial charge >= 0.3 is 0 Å². The van der Waals surface area contributed by atoms with E-state index < -0.39 is 0 Å². The topological polar surface area (TPSA) is 71.4 Å². The number of amides is 2. The van der Waals surface area contributed by atoms with Crippen molar-refractivity contribution in [1.29, 1.82) is 0 Å². The van der Waals surface area contributed by atoms with Crippen molar-refractivity contribution in [2.45, 2.75) is 33.2 Å². The van der Waals surface area contributed by atoms with Crippen molar-refractivity contribution in [1.82, 2.24) is 9.47 Å². The fraction of sp³-hybridized carbons (Fsp3) is 0.350. The zero-order chi connectivity index (χ0) is 18.9. The molecule has 1 aromatic carbocycles. The molecule has 0 spiro atoms. The van der Waals surface area contributed by atoms with Crippen molar-refractivity contribution in [3.63, 3.8) is 0 Å². The molecule has 0 aliphatic heterocycles.